The minimum Gasteiger partial charge on any atom is -0.349 e. The van der Waals surface area contributed by atoms with Gasteiger partial charge in [-0.25, -0.2) is 4.98 Å². The first-order chi connectivity index (χ1) is 21.5. The second kappa shape index (κ2) is 11.9. The molecule has 2 aliphatic heterocycles. The first-order valence-electron chi connectivity index (χ1n) is 14.5. The van der Waals surface area contributed by atoms with Gasteiger partial charge < -0.3 is 25.4 Å². The summed E-state index contributed by atoms with van der Waals surface area (Å²) in [6, 6.07) is 4.37. The van der Waals surface area contributed by atoms with E-state index in [9.17, 15) is 27.6 Å². The first-order valence-corrected chi connectivity index (χ1v) is 14.9. The smallest absolute Gasteiger partial charge is 0.349 e. The molecule has 1 aliphatic carbocycles. The lowest BCUT2D eigenvalue weighted by Crippen LogP contribution is -2.43. The number of carbonyl (C=O) groups excluding carboxylic acids is 3. The van der Waals surface area contributed by atoms with Crippen LogP contribution in [-0.4, -0.2) is 74.2 Å². The molecule has 45 heavy (non-hydrogen) atoms. The van der Waals surface area contributed by atoms with Crippen LogP contribution in [0.25, 0.3) is 11.3 Å². The number of hydrogen-bond donors (Lipinski definition) is 3. The first kappa shape index (κ1) is 30.7. The maximum Gasteiger partial charge on any atom is 0.435 e. The van der Waals surface area contributed by atoms with Gasteiger partial charge in [-0.3, -0.25) is 19.1 Å². The van der Waals surface area contributed by atoms with Crippen molar-refractivity contribution in [3.63, 3.8) is 0 Å². The fraction of sp³-hybridized carbons (Fsp3) is 0.433. The van der Waals surface area contributed by atoms with E-state index in [1.165, 1.54) is 29.8 Å². The number of alkyl halides is 3. The second-order valence-corrected chi connectivity index (χ2v) is 12.0. The lowest BCUT2D eigenvalue weighted by atomic mass is 9.96. The number of nitrogens with zero attached hydrogens (tertiary/aromatic N) is 5. The maximum absolute atomic E-state index is 13.6. The molecule has 0 spiro atoms. The van der Waals surface area contributed by atoms with Crippen molar-refractivity contribution in [1.82, 2.24) is 34.9 Å². The summed E-state index contributed by atoms with van der Waals surface area (Å²) in [6.07, 6.45) is 4.48. The number of amides is 3. The number of halogens is 4. The van der Waals surface area contributed by atoms with E-state index in [1.54, 1.807) is 0 Å². The Hall–Kier alpha value is -4.35. The molecule has 0 radical (unpaired) electrons. The third kappa shape index (κ3) is 6.02. The highest BCUT2D eigenvalue weighted by Gasteiger charge is 2.57. The van der Waals surface area contributed by atoms with Crippen molar-refractivity contribution in [1.29, 1.82) is 0 Å². The van der Waals surface area contributed by atoms with E-state index in [2.05, 4.69) is 32.0 Å². The third-order valence-electron chi connectivity index (χ3n) is 8.71. The SMILES string of the molecule is C#CCn1cc(-c2cnc(C(=O)Nc3ccc(C(=O)NC4C5CN(C(=O)C6CCNCC6)CC54)c(Cl)c3)n2C)c(C(F)(F)F)n1. The van der Waals surface area contributed by atoms with Gasteiger partial charge in [0.1, 0.15) is 6.54 Å². The molecule has 4 heterocycles. The van der Waals surface area contributed by atoms with Crippen molar-refractivity contribution in [2.75, 3.05) is 31.5 Å². The van der Waals surface area contributed by atoms with Gasteiger partial charge >= 0.3 is 6.18 Å². The Kier molecular flexibility index (Phi) is 8.09. The number of piperidine rings is 2. The number of rotatable bonds is 7. The molecule has 3 amide bonds. The largest absolute Gasteiger partial charge is 0.435 e. The van der Waals surface area contributed by atoms with Gasteiger partial charge in [-0.1, -0.05) is 17.5 Å². The van der Waals surface area contributed by atoms with Crippen molar-refractivity contribution < 1.29 is 27.6 Å². The molecule has 3 aromatic rings. The van der Waals surface area contributed by atoms with Crippen molar-refractivity contribution in [2.24, 2.45) is 24.8 Å². The summed E-state index contributed by atoms with van der Waals surface area (Å²) in [5.74, 6) is 1.75. The molecule has 2 atom stereocenters. The summed E-state index contributed by atoms with van der Waals surface area (Å²) in [5.41, 5.74) is -0.911. The predicted octanol–water partition coefficient (Wildman–Crippen LogP) is 3.03. The van der Waals surface area contributed by atoms with E-state index < -0.39 is 17.8 Å². The topological polar surface area (TPSA) is 126 Å². The summed E-state index contributed by atoms with van der Waals surface area (Å²) in [6.45, 7) is 2.82. The summed E-state index contributed by atoms with van der Waals surface area (Å²) >= 11 is 6.41. The molecule has 236 valence electrons. The molecular weight excluding hydrogens is 613 g/mol. The van der Waals surface area contributed by atoms with E-state index in [4.69, 9.17) is 18.0 Å². The normalized spacial score (nSPS) is 21.2. The zero-order valence-electron chi connectivity index (χ0n) is 24.2. The van der Waals surface area contributed by atoms with Gasteiger partial charge in [0.05, 0.1) is 28.0 Å². The molecule has 2 saturated heterocycles. The van der Waals surface area contributed by atoms with Crippen LogP contribution in [0.3, 0.4) is 0 Å². The minimum absolute atomic E-state index is 0.0180. The molecule has 2 unspecified atom stereocenters. The van der Waals surface area contributed by atoms with Gasteiger partial charge in [0, 0.05) is 55.8 Å². The third-order valence-corrected chi connectivity index (χ3v) is 9.03. The highest BCUT2D eigenvalue weighted by Crippen LogP contribution is 2.46. The van der Waals surface area contributed by atoms with Crippen LogP contribution >= 0.6 is 11.6 Å². The van der Waals surface area contributed by atoms with Gasteiger partial charge in [0.15, 0.2) is 11.5 Å². The minimum atomic E-state index is -4.75. The zero-order valence-corrected chi connectivity index (χ0v) is 25.0. The Labute approximate surface area is 261 Å². The molecular formula is C30H30ClF3N8O3. The zero-order chi connectivity index (χ0) is 32.0. The van der Waals surface area contributed by atoms with E-state index >= 15 is 0 Å². The Morgan fingerprint density at radius 3 is 2.51 bits per heavy atom. The maximum atomic E-state index is 13.6. The predicted molar refractivity (Wildman–Crippen MR) is 158 cm³/mol. The van der Waals surface area contributed by atoms with Crippen LogP contribution in [-0.2, 0) is 24.6 Å². The number of aromatic nitrogens is 4. The van der Waals surface area contributed by atoms with E-state index in [1.807, 2.05) is 4.90 Å². The lowest BCUT2D eigenvalue weighted by Gasteiger charge is -2.28. The van der Waals surface area contributed by atoms with Crippen molar-refractivity contribution in [2.45, 2.75) is 31.6 Å². The Morgan fingerprint density at radius 1 is 1.16 bits per heavy atom. The van der Waals surface area contributed by atoms with E-state index in [0.717, 1.165) is 43.0 Å². The van der Waals surface area contributed by atoms with Gasteiger partial charge in [-0.15, -0.1) is 6.42 Å². The molecule has 1 aromatic carbocycles. The average molecular weight is 643 g/mol. The fourth-order valence-corrected chi connectivity index (χ4v) is 6.57. The van der Waals surface area contributed by atoms with Gasteiger partial charge in [0.2, 0.25) is 5.91 Å². The summed E-state index contributed by atoms with van der Waals surface area (Å²) in [7, 11) is 1.41. The number of fused-ring (bicyclic) bond motifs is 1. The van der Waals surface area contributed by atoms with Crippen LogP contribution in [0.1, 0.15) is 39.5 Å². The Bertz CT molecular complexity index is 1690. The molecule has 0 bridgehead atoms. The number of terminal acetylenes is 1. The number of hydrogen-bond acceptors (Lipinski definition) is 6. The van der Waals surface area contributed by atoms with Crippen LogP contribution in [0.4, 0.5) is 18.9 Å². The van der Waals surface area contributed by atoms with Crippen LogP contribution in [0.5, 0.6) is 0 Å². The van der Waals surface area contributed by atoms with Gasteiger partial charge in [-0.2, -0.15) is 18.3 Å². The number of imidazole rings is 1. The molecule has 11 nitrogen and oxygen atoms in total. The van der Waals surface area contributed by atoms with Crippen molar-refractivity contribution in [3.05, 3.63) is 52.7 Å². The summed E-state index contributed by atoms with van der Waals surface area (Å²) in [5, 5.41) is 12.6. The number of nitrogens with one attached hydrogen (secondary N) is 3. The number of benzene rings is 1. The van der Waals surface area contributed by atoms with Crippen molar-refractivity contribution >= 4 is 35.0 Å². The van der Waals surface area contributed by atoms with Crippen LogP contribution < -0.4 is 16.0 Å². The standard InChI is InChI=1S/C30H30ClF3N8O3/c1-3-10-42-15-21(25(39-42)30(32,33)34)23-12-36-26(40(23)2)28(44)37-17-4-5-18(22(31)11-17)27(43)38-24-19-13-41(14-20(19)24)29(45)16-6-8-35-9-7-16/h1,4-5,11-12,15-16,19-20,24,35H,6-10,13-14H2,2H3,(H,37,44)(H,38,43). The molecule has 3 aliphatic rings. The van der Waals surface area contributed by atoms with Gasteiger partial charge in [-0.05, 0) is 44.1 Å². The fourth-order valence-electron chi connectivity index (χ4n) is 6.30. The summed E-state index contributed by atoms with van der Waals surface area (Å²) in [4.78, 5) is 44.8. The van der Waals surface area contributed by atoms with Crippen molar-refractivity contribution in [3.8, 4) is 23.6 Å². The lowest BCUT2D eigenvalue weighted by molar-refractivity contribution is -0.141. The average Bonchev–Trinajstić information content (AvgIpc) is 3.41. The van der Waals surface area contributed by atoms with Crippen LogP contribution in [0.15, 0.2) is 30.6 Å². The quantitative estimate of drug-likeness (QED) is 0.340. The molecule has 15 heteroatoms. The molecule has 2 aromatic heterocycles. The van der Waals surface area contributed by atoms with Crippen LogP contribution in [0, 0.1) is 30.1 Å². The van der Waals surface area contributed by atoms with E-state index in [-0.39, 0.29) is 75.5 Å². The highest BCUT2D eigenvalue weighted by molar-refractivity contribution is 6.34. The molecule has 3 N–H and O–H groups in total. The second-order valence-electron chi connectivity index (χ2n) is 11.6. The summed E-state index contributed by atoms with van der Waals surface area (Å²) < 4.78 is 43.2. The molecule has 1 saturated carbocycles. The monoisotopic (exact) mass is 642 g/mol. The number of likely N-dealkylation sites (tertiary alicyclic amines) is 1. The molecule has 3 fully saturated rings. The number of anilines is 1. The Balaban J connectivity index is 1.07. The Morgan fingerprint density at radius 2 is 1.87 bits per heavy atom. The van der Waals surface area contributed by atoms with Crippen LogP contribution in [0.2, 0.25) is 5.02 Å². The van der Waals surface area contributed by atoms with Gasteiger partial charge in [0.25, 0.3) is 11.8 Å². The van der Waals surface area contributed by atoms with E-state index in [0.29, 0.717) is 13.1 Å². The highest BCUT2D eigenvalue weighted by atomic mass is 35.5. The molecule has 6 rings (SSSR count). The number of carbonyl (C=O) groups is 3.